The van der Waals surface area contributed by atoms with Gasteiger partial charge in [0.25, 0.3) is 0 Å². The van der Waals surface area contributed by atoms with Crippen LogP contribution in [0.15, 0.2) is 18.2 Å². The number of ether oxygens (including phenoxy) is 2. The van der Waals surface area contributed by atoms with Gasteiger partial charge in [-0.1, -0.05) is 6.07 Å². The maximum absolute atomic E-state index is 10.7. The molecule has 3 N–H and O–H groups in total. The number of methoxy groups -OCH3 is 1. The van der Waals surface area contributed by atoms with Crippen LogP contribution in [-0.2, 0) is 11.3 Å². The quantitative estimate of drug-likeness (QED) is 0.641. The molecule has 0 amide bonds. The summed E-state index contributed by atoms with van der Waals surface area (Å²) in [5.74, 6) is 0.156. The van der Waals surface area contributed by atoms with E-state index in [9.17, 15) is 4.79 Å². The monoisotopic (exact) mass is 269 g/mol. The first-order valence-corrected chi connectivity index (χ1v) is 5.99. The standard InChI is InChI=1S/C13H19NO5/c1-3-19-11-5-4-9(6-12(11)18-2)7-14-10(8-15)13(16)17/h4-6,10,14-15H,3,7-8H2,1-2H3,(H,16,17). The fourth-order valence-corrected chi connectivity index (χ4v) is 1.57. The molecule has 0 saturated heterocycles. The fourth-order valence-electron chi connectivity index (χ4n) is 1.57. The molecular weight excluding hydrogens is 250 g/mol. The molecule has 0 aliphatic heterocycles. The van der Waals surface area contributed by atoms with Gasteiger partial charge in [-0.05, 0) is 24.6 Å². The lowest BCUT2D eigenvalue weighted by atomic mass is 10.2. The number of hydrogen-bond donors (Lipinski definition) is 3. The number of nitrogens with one attached hydrogen (secondary N) is 1. The third kappa shape index (κ3) is 4.42. The summed E-state index contributed by atoms with van der Waals surface area (Å²) in [6.45, 7) is 2.29. The molecule has 0 radical (unpaired) electrons. The molecule has 1 aromatic carbocycles. The topological polar surface area (TPSA) is 88.0 Å². The first-order chi connectivity index (χ1) is 9.12. The number of aliphatic carboxylic acids is 1. The van der Waals surface area contributed by atoms with Crippen molar-refractivity contribution < 1.29 is 24.5 Å². The van der Waals surface area contributed by atoms with Gasteiger partial charge in [-0.3, -0.25) is 10.1 Å². The third-order valence-corrected chi connectivity index (χ3v) is 2.56. The molecule has 106 valence electrons. The van der Waals surface area contributed by atoms with Crippen molar-refractivity contribution in [1.82, 2.24) is 5.32 Å². The maximum Gasteiger partial charge on any atom is 0.323 e. The molecule has 0 heterocycles. The summed E-state index contributed by atoms with van der Waals surface area (Å²) in [7, 11) is 1.54. The van der Waals surface area contributed by atoms with Crippen molar-refractivity contribution >= 4 is 5.97 Å². The van der Waals surface area contributed by atoms with Crippen molar-refractivity contribution in [2.24, 2.45) is 0 Å². The minimum atomic E-state index is -1.08. The third-order valence-electron chi connectivity index (χ3n) is 2.56. The molecular formula is C13H19NO5. The highest BCUT2D eigenvalue weighted by Crippen LogP contribution is 2.27. The van der Waals surface area contributed by atoms with Crippen LogP contribution in [0.5, 0.6) is 11.5 Å². The molecule has 19 heavy (non-hydrogen) atoms. The van der Waals surface area contributed by atoms with Crippen LogP contribution in [0, 0.1) is 0 Å². The number of carboxylic acid groups (broad SMARTS) is 1. The summed E-state index contributed by atoms with van der Waals surface area (Å²) in [6, 6.07) is 4.39. The summed E-state index contributed by atoms with van der Waals surface area (Å²) in [5, 5.41) is 20.4. The zero-order chi connectivity index (χ0) is 14.3. The minimum absolute atomic E-state index is 0.320. The average Bonchev–Trinajstić information content (AvgIpc) is 2.40. The molecule has 1 atom stereocenters. The number of carboxylic acids is 1. The zero-order valence-electron chi connectivity index (χ0n) is 11.0. The Bertz CT molecular complexity index is 421. The summed E-state index contributed by atoms with van der Waals surface area (Å²) < 4.78 is 10.6. The second kappa shape index (κ2) is 7.60. The van der Waals surface area contributed by atoms with Gasteiger partial charge >= 0.3 is 5.97 Å². The molecule has 6 nitrogen and oxygen atoms in total. The summed E-state index contributed by atoms with van der Waals surface area (Å²) in [4.78, 5) is 10.7. The first-order valence-electron chi connectivity index (χ1n) is 5.99. The summed E-state index contributed by atoms with van der Waals surface area (Å²) in [6.07, 6.45) is 0. The van der Waals surface area contributed by atoms with Crippen LogP contribution in [0.25, 0.3) is 0 Å². The summed E-state index contributed by atoms with van der Waals surface area (Å²) in [5.41, 5.74) is 0.847. The van der Waals surface area contributed by atoms with Crippen molar-refractivity contribution in [2.75, 3.05) is 20.3 Å². The van der Waals surface area contributed by atoms with Crippen molar-refractivity contribution in [3.63, 3.8) is 0 Å². The van der Waals surface area contributed by atoms with Gasteiger partial charge in [-0.25, -0.2) is 0 Å². The van der Waals surface area contributed by atoms with Gasteiger partial charge in [0, 0.05) is 6.54 Å². The predicted molar refractivity (Wildman–Crippen MR) is 69.5 cm³/mol. The van der Waals surface area contributed by atoms with E-state index < -0.39 is 18.6 Å². The van der Waals surface area contributed by atoms with Crippen molar-refractivity contribution in [2.45, 2.75) is 19.5 Å². The highest BCUT2D eigenvalue weighted by Gasteiger charge is 2.15. The van der Waals surface area contributed by atoms with E-state index in [2.05, 4.69) is 5.32 Å². The molecule has 0 aromatic heterocycles. The SMILES string of the molecule is CCOc1ccc(CNC(CO)C(=O)O)cc1OC. The molecule has 0 bridgehead atoms. The number of benzene rings is 1. The lowest BCUT2D eigenvalue weighted by molar-refractivity contribution is -0.140. The fraction of sp³-hybridized carbons (Fsp3) is 0.462. The number of carbonyl (C=O) groups is 1. The second-order valence-electron chi connectivity index (χ2n) is 3.87. The van der Waals surface area contributed by atoms with Gasteiger partial charge in [-0.15, -0.1) is 0 Å². The van der Waals surface area contributed by atoms with Crippen LogP contribution in [0.3, 0.4) is 0 Å². The van der Waals surface area contributed by atoms with Gasteiger partial charge in [0.05, 0.1) is 20.3 Å². The van der Waals surface area contributed by atoms with Crippen molar-refractivity contribution in [3.8, 4) is 11.5 Å². The van der Waals surface area contributed by atoms with E-state index in [1.54, 1.807) is 19.2 Å². The average molecular weight is 269 g/mol. The van der Waals surface area contributed by atoms with Gasteiger partial charge in [0.15, 0.2) is 11.5 Å². The number of aliphatic hydroxyl groups is 1. The molecule has 0 fully saturated rings. The Morgan fingerprint density at radius 1 is 1.42 bits per heavy atom. The van der Waals surface area contributed by atoms with Gasteiger partial charge in [-0.2, -0.15) is 0 Å². The van der Waals surface area contributed by atoms with Gasteiger partial charge in [0.2, 0.25) is 0 Å². The molecule has 1 aromatic rings. The minimum Gasteiger partial charge on any atom is -0.493 e. The summed E-state index contributed by atoms with van der Waals surface area (Å²) >= 11 is 0. The Labute approximate surface area is 112 Å². The normalized spacial score (nSPS) is 11.9. The number of hydrogen-bond acceptors (Lipinski definition) is 5. The Hall–Kier alpha value is -1.79. The smallest absolute Gasteiger partial charge is 0.323 e. The zero-order valence-corrected chi connectivity index (χ0v) is 11.0. The highest BCUT2D eigenvalue weighted by molar-refractivity contribution is 5.73. The molecule has 0 spiro atoms. The van der Waals surface area contributed by atoms with E-state index in [4.69, 9.17) is 19.7 Å². The van der Waals surface area contributed by atoms with Crippen molar-refractivity contribution in [3.05, 3.63) is 23.8 Å². The van der Waals surface area contributed by atoms with Crippen LogP contribution in [-0.4, -0.2) is 42.5 Å². The van der Waals surface area contributed by atoms with Crippen LogP contribution in [0.2, 0.25) is 0 Å². The largest absolute Gasteiger partial charge is 0.493 e. The molecule has 1 unspecified atom stereocenters. The maximum atomic E-state index is 10.7. The van der Waals surface area contributed by atoms with Crippen LogP contribution in [0.1, 0.15) is 12.5 Å². The lowest BCUT2D eigenvalue weighted by Crippen LogP contribution is -2.39. The van der Waals surface area contributed by atoms with E-state index in [1.165, 1.54) is 0 Å². The Kier molecular flexibility index (Phi) is 6.11. The highest BCUT2D eigenvalue weighted by atomic mass is 16.5. The Morgan fingerprint density at radius 2 is 2.16 bits per heavy atom. The van der Waals surface area contributed by atoms with Crippen LogP contribution >= 0.6 is 0 Å². The van der Waals surface area contributed by atoms with E-state index in [-0.39, 0.29) is 0 Å². The molecule has 6 heteroatoms. The van der Waals surface area contributed by atoms with E-state index >= 15 is 0 Å². The van der Waals surface area contributed by atoms with Gasteiger partial charge in [0.1, 0.15) is 6.04 Å². The van der Waals surface area contributed by atoms with E-state index in [0.29, 0.717) is 24.7 Å². The molecule has 0 saturated carbocycles. The van der Waals surface area contributed by atoms with E-state index in [1.807, 2.05) is 13.0 Å². The lowest BCUT2D eigenvalue weighted by Gasteiger charge is -2.14. The Morgan fingerprint density at radius 3 is 2.68 bits per heavy atom. The van der Waals surface area contributed by atoms with Crippen LogP contribution in [0.4, 0.5) is 0 Å². The second-order valence-corrected chi connectivity index (χ2v) is 3.87. The van der Waals surface area contributed by atoms with E-state index in [0.717, 1.165) is 5.56 Å². The molecule has 0 aliphatic rings. The Balaban J connectivity index is 2.71. The van der Waals surface area contributed by atoms with Crippen molar-refractivity contribution in [1.29, 1.82) is 0 Å². The number of aliphatic hydroxyl groups excluding tert-OH is 1. The molecule has 0 aliphatic carbocycles. The first kappa shape index (κ1) is 15.3. The number of rotatable bonds is 8. The van der Waals surface area contributed by atoms with Gasteiger partial charge < -0.3 is 19.7 Å². The molecule has 1 rings (SSSR count). The van der Waals surface area contributed by atoms with Crippen LogP contribution < -0.4 is 14.8 Å². The predicted octanol–water partition coefficient (Wildman–Crippen LogP) is 0.629.